The predicted molar refractivity (Wildman–Crippen MR) is 94.9 cm³/mol. The summed E-state index contributed by atoms with van der Waals surface area (Å²) < 4.78 is 10.7. The summed E-state index contributed by atoms with van der Waals surface area (Å²) in [5.74, 6) is 1.60. The molecule has 4 nitrogen and oxygen atoms in total. The van der Waals surface area contributed by atoms with Gasteiger partial charge in [0.2, 0.25) is 0 Å². The molecule has 24 heavy (non-hydrogen) atoms. The maximum absolute atomic E-state index is 10.6. The van der Waals surface area contributed by atoms with E-state index in [9.17, 15) is 10.2 Å². The first-order valence-corrected chi connectivity index (χ1v) is 7.96. The first-order chi connectivity index (χ1) is 11.3. The normalized spacial score (nSPS) is 13.5. The topological polar surface area (TPSA) is 58.9 Å². The van der Waals surface area contributed by atoms with Crippen molar-refractivity contribution in [2.75, 3.05) is 14.2 Å². The van der Waals surface area contributed by atoms with Gasteiger partial charge in [0.15, 0.2) is 0 Å². The molecule has 2 rings (SSSR count). The van der Waals surface area contributed by atoms with E-state index in [1.807, 2.05) is 52.0 Å². The third-order valence-electron chi connectivity index (χ3n) is 4.36. The van der Waals surface area contributed by atoms with Crippen molar-refractivity contribution < 1.29 is 19.7 Å². The highest BCUT2D eigenvalue weighted by Crippen LogP contribution is 2.35. The van der Waals surface area contributed by atoms with Crippen LogP contribution in [0.4, 0.5) is 0 Å². The first kappa shape index (κ1) is 18.3. The zero-order chi connectivity index (χ0) is 18.0. The SMILES string of the molecule is COc1c(C)cc(C(O)C(O)c2cc(C)c(OC)c(C)c2)cc1C. The lowest BCUT2D eigenvalue weighted by Crippen LogP contribution is -2.12. The number of hydrogen-bond acceptors (Lipinski definition) is 4. The quantitative estimate of drug-likeness (QED) is 0.877. The number of hydrogen-bond donors (Lipinski definition) is 2. The van der Waals surface area contributed by atoms with Crippen LogP contribution in [0.3, 0.4) is 0 Å². The summed E-state index contributed by atoms with van der Waals surface area (Å²) in [5, 5.41) is 21.3. The summed E-state index contributed by atoms with van der Waals surface area (Å²) in [4.78, 5) is 0. The molecule has 2 atom stereocenters. The van der Waals surface area contributed by atoms with E-state index in [2.05, 4.69) is 0 Å². The molecule has 0 aromatic heterocycles. The molecule has 2 unspecified atom stereocenters. The Morgan fingerprint density at radius 3 is 1.08 bits per heavy atom. The molecule has 0 amide bonds. The fraction of sp³-hybridized carbons (Fsp3) is 0.400. The number of ether oxygens (including phenoxy) is 2. The lowest BCUT2D eigenvalue weighted by molar-refractivity contribution is 0.0171. The fourth-order valence-electron chi connectivity index (χ4n) is 3.32. The molecule has 2 aromatic carbocycles. The monoisotopic (exact) mass is 330 g/mol. The zero-order valence-electron chi connectivity index (χ0n) is 15.2. The van der Waals surface area contributed by atoms with Crippen LogP contribution in [0.15, 0.2) is 24.3 Å². The summed E-state index contributed by atoms with van der Waals surface area (Å²) in [6.07, 6.45) is -2.03. The van der Waals surface area contributed by atoms with Gasteiger partial charge in [-0.3, -0.25) is 0 Å². The van der Waals surface area contributed by atoms with Gasteiger partial charge < -0.3 is 19.7 Å². The highest BCUT2D eigenvalue weighted by Gasteiger charge is 2.23. The second kappa shape index (κ2) is 7.24. The van der Waals surface area contributed by atoms with Crippen LogP contribution in [0, 0.1) is 27.7 Å². The largest absolute Gasteiger partial charge is 0.496 e. The molecule has 0 saturated heterocycles. The van der Waals surface area contributed by atoms with Crippen molar-refractivity contribution in [3.63, 3.8) is 0 Å². The summed E-state index contributed by atoms with van der Waals surface area (Å²) in [5.41, 5.74) is 5.07. The van der Waals surface area contributed by atoms with E-state index < -0.39 is 12.2 Å². The van der Waals surface area contributed by atoms with E-state index in [4.69, 9.17) is 9.47 Å². The van der Waals surface area contributed by atoms with Crippen molar-refractivity contribution in [2.24, 2.45) is 0 Å². The second-order valence-electron chi connectivity index (χ2n) is 6.27. The van der Waals surface area contributed by atoms with Gasteiger partial charge in [0.25, 0.3) is 0 Å². The standard InChI is InChI=1S/C20H26O4/c1-11-7-15(8-12(2)19(11)23-5)17(21)18(22)16-9-13(3)20(24-6)14(4)10-16/h7-10,17-18,21-22H,1-6H3. The molecular formula is C20H26O4. The van der Waals surface area contributed by atoms with Crippen LogP contribution in [0.25, 0.3) is 0 Å². The average molecular weight is 330 g/mol. The number of rotatable bonds is 5. The third-order valence-corrected chi connectivity index (χ3v) is 4.36. The Hall–Kier alpha value is -2.04. The van der Waals surface area contributed by atoms with Gasteiger partial charge in [-0.2, -0.15) is 0 Å². The van der Waals surface area contributed by atoms with Crippen LogP contribution in [0.5, 0.6) is 11.5 Å². The van der Waals surface area contributed by atoms with Gasteiger partial charge in [0.1, 0.15) is 23.7 Å². The number of aryl methyl sites for hydroxylation is 4. The van der Waals surface area contributed by atoms with E-state index in [1.165, 1.54) is 0 Å². The summed E-state index contributed by atoms with van der Waals surface area (Å²) in [6, 6.07) is 7.40. The van der Waals surface area contributed by atoms with Gasteiger partial charge in [-0.25, -0.2) is 0 Å². The molecule has 0 aliphatic heterocycles. The molecule has 2 N–H and O–H groups in total. The maximum atomic E-state index is 10.6. The van der Waals surface area contributed by atoms with E-state index in [0.717, 1.165) is 33.8 Å². The van der Waals surface area contributed by atoms with Crippen LogP contribution < -0.4 is 9.47 Å². The second-order valence-corrected chi connectivity index (χ2v) is 6.27. The van der Waals surface area contributed by atoms with Gasteiger partial charge in [-0.1, -0.05) is 0 Å². The Balaban J connectivity index is 2.38. The van der Waals surface area contributed by atoms with Crippen LogP contribution in [-0.4, -0.2) is 24.4 Å². The van der Waals surface area contributed by atoms with E-state index in [1.54, 1.807) is 14.2 Å². The lowest BCUT2D eigenvalue weighted by atomic mass is 9.93. The average Bonchev–Trinajstić information content (AvgIpc) is 2.52. The van der Waals surface area contributed by atoms with Crippen molar-refractivity contribution in [1.82, 2.24) is 0 Å². The van der Waals surface area contributed by atoms with Gasteiger partial charge >= 0.3 is 0 Å². The highest BCUT2D eigenvalue weighted by molar-refractivity contribution is 5.46. The minimum Gasteiger partial charge on any atom is -0.496 e. The Morgan fingerprint density at radius 1 is 0.625 bits per heavy atom. The van der Waals surface area contributed by atoms with Gasteiger partial charge in [0.05, 0.1) is 14.2 Å². The van der Waals surface area contributed by atoms with E-state index in [-0.39, 0.29) is 0 Å². The third kappa shape index (κ3) is 3.40. The van der Waals surface area contributed by atoms with Gasteiger partial charge in [-0.15, -0.1) is 0 Å². The Morgan fingerprint density at radius 2 is 0.875 bits per heavy atom. The van der Waals surface area contributed by atoms with E-state index in [0.29, 0.717) is 11.1 Å². The summed E-state index contributed by atoms with van der Waals surface area (Å²) >= 11 is 0. The first-order valence-electron chi connectivity index (χ1n) is 7.96. The van der Waals surface area contributed by atoms with Crippen molar-refractivity contribution in [2.45, 2.75) is 39.9 Å². The molecule has 0 spiro atoms. The number of methoxy groups -OCH3 is 2. The number of aliphatic hydroxyl groups excluding tert-OH is 2. The van der Waals surface area contributed by atoms with Crippen LogP contribution in [-0.2, 0) is 0 Å². The van der Waals surface area contributed by atoms with Gasteiger partial charge in [-0.05, 0) is 85.3 Å². The Bertz CT molecular complexity index is 627. The van der Waals surface area contributed by atoms with Crippen molar-refractivity contribution in [3.8, 4) is 11.5 Å². The molecule has 4 heteroatoms. The Labute approximate surface area is 143 Å². The van der Waals surface area contributed by atoms with Crippen molar-refractivity contribution >= 4 is 0 Å². The molecule has 130 valence electrons. The molecule has 0 bridgehead atoms. The minimum absolute atomic E-state index is 0.671. The van der Waals surface area contributed by atoms with Crippen LogP contribution in [0.1, 0.15) is 45.6 Å². The lowest BCUT2D eigenvalue weighted by Gasteiger charge is -2.22. The number of aliphatic hydroxyl groups is 2. The predicted octanol–water partition coefficient (Wildman–Crippen LogP) is 3.70. The summed E-state index contributed by atoms with van der Waals surface area (Å²) in [7, 11) is 3.26. The van der Waals surface area contributed by atoms with Crippen LogP contribution >= 0.6 is 0 Å². The molecule has 0 fully saturated rings. The molecule has 0 radical (unpaired) electrons. The number of benzene rings is 2. The minimum atomic E-state index is -1.01. The molecule has 0 aliphatic carbocycles. The summed E-state index contributed by atoms with van der Waals surface area (Å²) in [6.45, 7) is 7.71. The maximum Gasteiger partial charge on any atom is 0.124 e. The fourth-order valence-corrected chi connectivity index (χ4v) is 3.32. The molecular weight excluding hydrogens is 304 g/mol. The van der Waals surface area contributed by atoms with Gasteiger partial charge in [0, 0.05) is 0 Å². The smallest absolute Gasteiger partial charge is 0.124 e. The molecule has 0 aliphatic rings. The highest BCUT2D eigenvalue weighted by atomic mass is 16.5. The molecule has 0 saturated carbocycles. The van der Waals surface area contributed by atoms with Crippen LogP contribution in [0.2, 0.25) is 0 Å². The van der Waals surface area contributed by atoms with Crippen molar-refractivity contribution in [3.05, 3.63) is 57.6 Å². The van der Waals surface area contributed by atoms with E-state index >= 15 is 0 Å². The Kier molecular flexibility index (Phi) is 5.52. The molecule has 2 aromatic rings. The molecule has 0 heterocycles. The van der Waals surface area contributed by atoms with Crippen molar-refractivity contribution in [1.29, 1.82) is 0 Å². The zero-order valence-corrected chi connectivity index (χ0v) is 15.2.